The normalized spacial score (nSPS) is 10.9. The molecule has 1 rings (SSSR count). The molecular weight excluding hydrogens is 270 g/mol. The van der Waals surface area contributed by atoms with Gasteiger partial charge in [-0.25, -0.2) is 0 Å². The lowest BCUT2D eigenvalue weighted by Crippen LogP contribution is -2.12. The summed E-state index contributed by atoms with van der Waals surface area (Å²) in [5, 5.41) is 0. The Hall–Kier alpha value is -0.580. The van der Waals surface area contributed by atoms with Crippen molar-refractivity contribution in [3.8, 4) is 5.75 Å². The molecule has 16 heavy (non-hydrogen) atoms. The van der Waals surface area contributed by atoms with Gasteiger partial charge in [-0.3, -0.25) is 0 Å². The van der Waals surface area contributed by atoms with Crippen molar-refractivity contribution in [3.63, 3.8) is 0 Å². The molecule has 0 unspecified atom stereocenters. The van der Waals surface area contributed by atoms with E-state index < -0.39 is 0 Å². The van der Waals surface area contributed by atoms with Crippen LogP contribution in [0.1, 0.15) is 30.9 Å². The van der Waals surface area contributed by atoms with Crippen molar-refractivity contribution in [1.29, 1.82) is 0 Å². The zero-order valence-corrected chi connectivity index (χ0v) is 11.7. The minimum atomic E-state index is 0.475. The Kier molecular flexibility index (Phi) is 5.25. The first-order valence-electron chi connectivity index (χ1n) is 5.22. The van der Waals surface area contributed by atoms with Crippen LogP contribution >= 0.6 is 15.9 Å². The highest BCUT2D eigenvalue weighted by Crippen LogP contribution is 2.32. The van der Waals surface area contributed by atoms with Crippen molar-refractivity contribution in [3.05, 3.63) is 27.7 Å². The quantitative estimate of drug-likeness (QED) is 0.844. The predicted octanol–water partition coefficient (Wildman–Crippen LogP) is 3.23. The molecule has 1 N–H and O–H groups in total. The van der Waals surface area contributed by atoms with Gasteiger partial charge in [0.2, 0.25) is 0 Å². The van der Waals surface area contributed by atoms with Crippen LogP contribution in [0.2, 0.25) is 0 Å². The molecule has 0 bridgehead atoms. The number of hydroxylamine groups is 1. The second-order valence-electron chi connectivity index (χ2n) is 3.88. The van der Waals surface area contributed by atoms with Crippen molar-refractivity contribution in [2.75, 3.05) is 14.2 Å². The fourth-order valence-electron chi connectivity index (χ4n) is 1.44. The Labute approximate surface area is 105 Å². The molecule has 4 heteroatoms. The third-order valence-corrected chi connectivity index (χ3v) is 3.33. The fraction of sp³-hybridized carbons (Fsp3) is 0.500. The highest BCUT2D eigenvalue weighted by Gasteiger charge is 2.10. The summed E-state index contributed by atoms with van der Waals surface area (Å²) in [4.78, 5) is 4.86. The summed E-state index contributed by atoms with van der Waals surface area (Å²) in [6.07, 6.45) is 0. The number of rotatable bonds is 5. The van der Waals surface area contributed by atoms with E-state index in [1.54, 1.807) is 14.2 Å². The first-order chi connectivity index (χ1) is 7.60. The first-order valence-corrected chi connectivity index (χ1v) is 6.01. The summed E-state index contributed by atoms with van der Waals surface area (Å²) in [6.45, 7) is 4.97. The highest BCUT2D eigenvalue weighted by molar-refractivity contribution is 9.10. The fourth-order valence-corrected chi connectivity index (χ4v) is 1.97. The molecule has 90 valence electrons. The molecule has 0 saturated carbocycles. The Balaban J connectivity index is 3.08. The van der Waals surface area contributed by atoms with Crippen LogP contribution in [0.25, 0.3) is 0 Å². The number of hydrogen-bond acceptors (Lipinski definition) is 3. The minimum absolute atomic E-state index is 0.475. The van der Waals surface area contributed by atoms with Crippen molar-refractivity contribution < 1.29 is 9.57 Å². The molecule has 0 saturated heterocycles. The molecule has 1 aromatic carbocycles. The summed E-state index contributed by atoms with van der Waals surface area (Å²) >= 11 is 3.53. The van der Waals surface area contributed by atoms with E-state index in [2.05, 4.69) is 47.4 Å². The van der Waals surface area contributed by atoms with E-state index in [0.29, 0.717) is 12.5 Å². The van der Waals surface area contributed by atoms with E-state index in [-0.39, 0.29) is 0 Å². The van der Waals surface area contributed by atoms with Crippen LogP contribution in [0.4, 0.5) is 0 Å². The molecule has 0 aromatic heterocycles. The average Bonchev–Trinajstić information content (AvgIpc) is 2.27. The second-order valence-corrected chi connectivity index (χ2v) is 4.67. The molecule has 0 spiro atoms. The summed E-state index contributed by atoms with van der Waals surface area (Å²) < 4.78 is 6.32. The van der Waals surface area contributed by atoms with Gasteiger partial charge in [0.25, 0.3) is 0 Å². The molecule has 0 aliphatic carbocycles. The molecule has 0 amide bonds. The van der Waals surface area contributed by atoms with Crippen molar-refractivity contribution in [1.82, 2.24) is 5.48 Å². The van der Waals surface area contributed by atoms with Gasteiger partial charge in [-0.2, -0.15) is 5.48 Å². The van der Waals surface area contributed by atoms with Gasteiger partial charge in [-0.15, -0.1) is 0 Å². The molecule has 1 aromatic rings. The third kappa shape index (κ3) is 3.20. The zero-order valence-electron chi connectivity index (χ0n) is 10.1. The van der Waals surface area contributed by atoms with E-state index >= 15 is 0 Å². The van der Waals surface area contributed by atoms with Crippen LogP contribution in [0.5, 0.6) is 5.75 Å². The van der Waals surface area contributed by atoms with E-state index in [1.807, 2.05) is 0 Å². The standard InChI is InChI=1S/C12H18BrNO2/c1-8(2)9-5-10(7-14-16-4)12(13)11(6-9)15-3/h5-6,8,14H,7H2,1-4H3. The zero-order chi connectivity index (χ0) is 12.1. The van der Waals surface area contributed by atoms with Crippen LogP contribution in [-0.2, 0) is 11.4 Å². The van der Waals surface area contributed by atoms with Crippen molar-refractivity contribution >= 4 is 15.9 Å². The maximum atomic E-state index is 5.34. The molecule has 0 radical (unpaired) electrons. The molecule has 3 nitrogen and oxygen atoms in total. The molecule has 0 aliphatic rings. The van der Waals surface area contributed by atoms with Crippen LogP contribution in [0.15, 0.2) is 16.6 Å². The maximum Gasteiger partial charge on any atom is 0.133 e. The predicted molar refractivity (Wildman–Crippen MR) is 68.6 cm³/mol. The van der Waals surface area contributed by atoms with E-state index in [1.165, 1.54) is 5.56 Å². The summed E-state index contributed by atoms with van der Waals surface area (Å²) in [6, 6.07) is 4.22. The van der Waals surface area contributed by atoms with Gasteiger partial charge in [0.05, 0.1) is 18.7 Å². The molecule has 0 fully saturated rings. The van der Waals surface area contributed by atoms with E-state index in [0.717, 1.165) is 15.8 Å². The van der Waals surface area contributed by atoms with Gasteiger partial charge in [-0.1, -0.05) is 19.9 Å². The summed E-state index contributed by atoms with van der Waals surface area (Å²) in [5.41, 5.74) is 5.22. The minimum Gasteiger partial charge on any atom is -0.496 e. The Morgan fingerprint density at radius 1 is 1.31 bits per heavy atom. The van der Waals surface area contributed by atoms with Gasteiger partial charge < -0.3 is 9.57 Å². The lowest BCUT2D eigenvalue weighted by molar-refractivity contribution is 0.0865. The van der Waals surface area contributed by atoms with Crippen LogP contribution in [0, 0.1) is 0 Å². The summed E-state index contributed by atoms with van der Waals surface area (Å²) in [5.74, 6) is 1.34. The number of hydrogen-bond donors (Lipinski definition) is 1. The smallest absolute Gasteiger partial charge is 0.133 e. The number of ether oxygens (including phenoxy) is 1. The van der Waals surface area contributed by atoms with E-state index in [9.17, 15) is 0 Å². The van der Waals surface area contributed by atoms with Crippen LogP contribution in [0.3, 0.4) is 0 Å². The Morgan fingerprint density at radius 3 is 2.50 bits per heavy atom. The number of nitrogens with one attached hydrogen (secondary N) is 1. The molecule has 0 aliphatic heterocycles. The Bertz CT molecular complexity index is 353. The first kappa shape index (κ1) is 13.5. The monoisotopic (exact) mass is 287 g/mol. The topological polar surface area (TPSA) is 30.5 Å². The Morgan fingerprint density at radius 2 is 2.00 bits per heavy atom. The number of halogens is 1. The second kappa shape index (κ2) is 6.23. The average molecular weight is 288 g/mol. The van der Waals surface area contributed by atoms with Gasteiger partial charge >= 0.3 is 0 Å². The third-order valence-electron chi connectivity index (χ3n) is 2.43. The van der Waals surface area contributed by atoms with Crippen LogP contribution in [-0.4, -0.2) is 14.2 Å². The molecular formula is C12H18BrNO2. The van der Waals surface area contributed by atoms with Crippen molar-refractivity contribution in [2.45, 2.75) is 26.3 Å². The van der Waals surface area contributed by atoms with Gasteiger partial charge in [-0.05, 0) is 39.0 Å². The van der Waals surface area contributed by atoms with Crippen LogP contribution < -0.4 is 10.2 Å². The SMILES string of the molecule is CONCc1cc(C(C)C)cc(OC)c1Br. The van der Waals surface area contributed by atoms with Gasteiger partial charge in [0.1, 0.15) is 5.75 Å². The van der Waals surface area contributed by atoms with E-state index in [4.69, 9.17) is 9.57 Å². The number of methoxy groups -OCH3 is 1. The maximum absolute atomic E-state index is 5.34. The largest absolute Gasteiger partial charge is 0.496 e. The number of benzene rings is 1. The summed E-state index contributed by atoms with van der Waals surface area (Å²) in [7, 11) is 3.29. The highest BCUT2D eigenvalue weighted by atomic mass is 79.9. The molecule has 0 atom stereocenters. The van der Waals surface area contributed by atoms with Gasteiger partial charge in [0.15, 0.2) is 0 Å². The van der Waals surface area contributed by atoms with Crippen molar-refractivity contribution in [2.24, 2.45) is 0 Å². The lowest BCUT2D eigenvalue weighted by Gasteiger charge is -2.14. The lowest BCUT2D eigenvalue weighted by atomic mass is 10.0. The molecule has 0 heterocycles. The van der Waals surface area contributed by atoms with Gasteiger partial charge in [0, 0.05) is 6.54 Å².